The van der Waals surface area contributed by atoms with E-state index in [2.05, 4.69) is 39.5 Å². The lowest BCUT2D eigenvalue weighted by Gasteiger charge is -2.01. The summed E-state index contributed by atoms with van der Waals surface area (Å²) >= 11 is 0. The highest BCUT2D eigenvalue weighted by Gasteiger charge is 1.91. The molecule has 10 heavy (non-hydrogen) atoms. The number of allylic oxidation sites excluding steroid dienone is 3. The summed E-state index contributed by atoms with van der Waals surface area (Å²) in [5.74, 6) is 1.04. The molecule has 0 rings (SSSR count). The van der Waals surface area contributed by atoms with Gasteiger partial charge in [-0.25, -0.2) is 0 Å². The molecule has 0 bridgehead atoms. The van der Waals surface area contributed by atoms with E-state index in [-0.39, 0.29) is 0 Å². The smallest absolute Gasteiger partial charge is 0.0227 e. The van der Waals surface area contributed by atoms with Gasteiger partial charge in [-0.1, -0.05) is 32.1 Å². The first kappa shape index (κ1) is 9.48. The minimum Gasteiger partial charge on any atom is -0.103 e. The lowest BCUT2D eigenvalue weighted by atomic mass is 10.1. The highest BCUT2D eigenvalue weighted by atomic mass is 14.0. The third-order valence-corrected chi connectivity index (χ3v) is 1.31. The van der Waals surface area contributed by atoms with Crippen molar-refractivity contribution in [2.45, 2.75) is 20.3 Å². The largest absolute Gasteiger partial charge is 0.103 e. The summed E-state index contributed by atoms with van der Waals surface area (Å²) in [4.78, 5) is 0. The fraction of sp³-hybridized carbons (Fsp3) is 0.500. The van der Waals surface area contributed by atoms with Crippen LogP contribution < -0.4 is 0 Å². The molecule has 0 heteroatoms. The fourth-order valence-corrected chi connectivity index (χ4v) is 0.721. The van der Waals surface area contributed by atoms with Crippen LogP contribution in [0.2, 0.25) is 0 Å². The number of hydrogen-bond donors (Lipinski definition) is 0. The van der Waals surface area contributed by atoms with E-state index >= 15 is 0 Å². The number of hydrogen-bond acceptors (Lipinski definition) is 0. The van der Waals surface area contributed by atoms with Crippen molar-refractivity contribution in [1.82, 2.24) is 0 Å². The van der Waals surface area contributed by atoms with Crippen LogP contribution in [-0.2, 0) is 0 Å². The van der Waals surface area contributed by atoms with Gasteiger partial charge in [-0.05, 0) is 25.2 Å². The van der Waals surface area contributed by atoms with Crippen LogP contribution in [0.1, 0.15) is 20.3 Å². The molecule has 0 saturated heterocycles. The Hall–Kier alpha value is -0.520. The first-order valence-corrected chi connectivity index (χ1v) is 3.79. The van der Waals surface area contributed by atoms with Crippen molar-refractivity contribution in [2.24, 2.45) is 11.8 Å². The topological polar surface area (TPSA) is 0 Å². The van der Waals surface area contributed by atoms with Crippen LogP contribution in [0.3, 0.4) is 0 Å². The molecule has 0 heterocycles. The number of rotatable bonds is 4. The van der Waals surface area contributed by atoms with Crippen molar-refractivity contribution in [3.05, 3.63) is 31.7 Å². The first-order valence-electron chi connectivity index (χ1n) is 3.79. The molecule has 0 amide bonds. The van der Waals surface area contributed by atoms with Crippen molar-refractivity contribution in [1.29, 1.82) is 0 Å². The van der Waals surface area contributed by atoms with E-state index in [0.717, 1.165) is 6.42 Å². The third-order valence-electron chi connectivity index (χ3n) is 1.31. The van der Waals surface area contributed by atoms with Crippen molar-refractivity contribution < 1.29 is 0 Å². The molecular weight excluding hydrogens is 120 g/mol. The van der Waals surface area contributed by atoms with Gasteiger partial charge in [-0.15, -0.1) is 6.58 Å². The summed E-state index contributed by atoms with van der Waals surface area (Å²) in [6, 6.07) is 0. The Bertz CT molecular complexity index is 109. The molecule has 0 spiro atoms. The molecule has 2 atom stereocenters. The van der Waals surface area contributed by atoms with E-state index in [4.69, 9.17) is 0 Å². The van der Waals surface area contributed by atoms with Gasteiger partial charge in [0.1, 0.15) is 0 Å². The quantitative estimate of drug-likeness (QED) is 0.522. The lowest BCUT2D eigenvalue weighted by molar-refractivity contribution is 0.735. The minimum atomic E-state index is 0.423. The summed E-state index contributed by atoms with van der Waals surface area (Å²) in [5, 5.41) is 0. The maximum Gasteiger partial charge on any atom is -0.0227 e. The van der Waals surface area contributed by atoms with Crippen LogP contribution >= 0.6 is 0 Å². The van der Waals surface area contributed by atoms with Gasteiger partial charge in [0.05, 0.1) is 0 Å². The van der Waals surface area contributed by atoms with Crippen LogP contribution in [0.5, 0.6) is 0 Å². The zero-order valence-electron chi connectivity index (χ0n) is 7.01. The maximum atomic E-state index is 3.86. The molecule has 0 aliphatic heterocycles. The van der Waals surface area contributed by atoms with Crippen LogP contribution in [0, 0.1) is 18.8 Å². The lowest BCUT2D eigenvalue weighted by Crippen LogP contribution is -1.87. The zero-order valence-corrected chi connectivity index (χ0v) is 7.01. The average Bonchev–Trinajstić information content (AvgIpc) is 1.85. The van der Waals surface area contributed by atoms with E-state index in [1.54, 1.807) is 0 Å². The van der Waals surface area contributed by atoms with E-state index in [0.29, 0.717) is 11.8 Å². The molecule has 0 aromatic carbocycles. The Kier molecular flexibility index (Phi) is 5.00. The average molecular weight is 137 g/mol. The van der Waals surface area contributed by atoms with Crippen LogP contribution in [0.4, 0.5) is 0 Å². The molecule has 0 fully saturated rings. The second-order valence-electron chi connectivity index (χ2n) is 2.86. The molecule has 1 radical (unpaired) electrons. The van der Waals surface area contributed by atoms with Crippen molar-refractivity contribution in [3.8, 4) is 0 Å². The van der Waals surface area contributed by atoms with Gasteiger partial charge in [0.25, 0.3) is 0 Å². The molecule has 0 N–H and O–H groups in total. The Morgan fingerprint density at radius 3 is 2.30 bits per heavy atom. The Morgan fingerprint density at radius 1 is 1.30 bits per heavy atom. The van der Waals surface area contributed by atoms with Crippen molar-refractivity contribution in [2.75, 3.05) is 0 Å². The van der Waals surface area contributed by atoms with E-state index in [1.165, 1.54) is 0 Å². The standard InChI is InChI=1S/C10H17/c1-5-6-10(4)8-7-9(2)3/h5,7-10H,1-2,6H2,3-4H3. The zero-order chi connectivity index (χ0) is 7.98. The van der Waals surface area contributed by atoms with Crippen molar-refractivity contribution >= 4 is 0 Å². The van der Waals surface area contributed by atoms with Gasteiger partial charge in [-0.3, -0.25) is 0 Å². The van der Waals surface area contributed by atoms with E-state index in [9.17, 15) is 0 Å². The second kappa shape index (κ2) is 5.28. The summed E-state index contributed by atoms with van der Waals surface area (Å²) in [6.45, 7) is 11.8. The van der Waals surface area contributed by atoms with Gasteiger partial charge in [0.2, 0.25) is 0 Å². The predicted molar refractivity (Wildman–Crippen MR) is 47.6 cm³/mol. The summed E-state index contributed by atoms with van der Waals surface area (Å²) in [6.07, 6.45) is 7.33. The molecule has 2 unspecified atom stereocenters. The summed E-state index contributed by atoms with van der Waals surface area (Å²) in [5.41, 5.74) is 0. The van der Waals surface area contributed by atoms with E-state index < -0.39 is 0 Å². The molecule has 0 aromatic rings. The van der Waals surface area contributed by atoms with Gasteiger partial charge in [0, 0.05) is 0 Å². The highest BCUT2D eigenvalue weighted by molar-refractivity contribution is 4.92. The molecule has 0 aromatic heterocycles. The first-order chi connectivity index (χ1) is 4.66. The fourth-order valence-electron chi connectivity index (χ4n) is 0.721. The third kappa shape index (κ3) is 5.61. The van der Waals surface area contributed by atoms with Gasteiger partial charge in [0.15, 0.2) is 0 Å². The Balaban J connectivity index is 3.54. The van der Waals surface area contributed by atoms with Crippen molar-refractivity contribution in [3.63, 3.8) is 0 Å². The van der Waals surface area contributed by atoms with Gasteiger partial charge >= 0.3 is 0 Å². The Labute approximate surface area is 64.6 Å². The van der Waals surface area contributed by atoms with Gasteiger partial charge < -0.3 is 0 Å². The summed E-state index contributed by atoms with van der Waals surface area (Å²) in [7, 11) is 0. The van der Waals surface area contributed by atoms with Gasteiger partial charge in [-0.2, -0.15) is 0 Å². The SMILES string of the molecule is [CH2]C(C)C=CC(C)CC=C. The molecule has 0 aliphatic carbocycles. The molecule has 0 nitrogen and oxygen atoms in total. The maximum absolute atomic E-state index is 3.86. The molecular formula is C10H17. The molecule has 57 valence electrons. The Morgan fingerprint density at radius 2 is 1.90 bits per heavy atom. The highest BCUT2D eigenvalue weighted by Crippen LogP contribution is 2.05. The van der Waals surface area contributed by atoms with Crippen LogP contribution in [0.15, 0.2) is 24.8 Å². The van der Waals surface area contributed by atoms with Crippen LogP contribution in [0.25, 0.3) is 0 Å². The molecule has 0 saturated carbocycles. The van der Waals surface area contributed by atoms with E-state index in [1.807, 2.05) is 6.08 Å². The predicted octanol–water partition coefficient (Wildman–Crippen LogP) is 3.22. The second-order valence-corrected chi connectivity index (χ2v) is 2.86. The van der Waals surface area contributed by atoms with Crippen LogP contribution in [-0.4, -0.2) is 0 Å². The normalized spacial score (nSPS) is 14.4. The minimum absolute atomic E-state index is 0.423. The molecule has 0 aliphatic rings. The summed E-state index contributed by atoms with van der Waals surface area (Å²) < 4.78 is 0. The monoisotopic (exact) mass is 137 g/mol.